The Balaban J connectivity index is 1.73. The Hall–Kier alpha value is -3.79. The molecule has 1 amide bonds. The van der Waals surface area contributed by atoms with E-state index in [0.29, 0.717) is 41.3 Å². The number of para-hydroxylation sites is 1. The molecule has 0 radical (unpaired) electrons. The number of ketones is 1. The van der Waals surface area contributed by atoms with Gasteiger partial charge < -0.3 is 20.5 Å². The number of amides is 1. The Bertz CT molecular complexity index is 1310. The number of imidazole rings is 1. The van der Waals surface area contributed by atoms with E-state index in [4.69, 9.17) is 10.7 Å². The second-order valence-electron chi connectivity index (χ2n) is 8.43. The number of nitrogens with zero attached hydrogens (tertiary/aromatic N) is 5. The zero-order valence-corrected chi connectivity index (χ0v) is 19.4. The first-order valence-corrected chi connectivity index (χ1v) is 11.4. The molecular weight excluding hydrogens is 434 g/mol. The van der Waals surface area contributed by atoms with E-state index in [1.165, 1.54) is 13.1 Å². The topological polar surface area (TPSA) is 128 Å². The van der Waals surface area contributed by atoms with E-state index in [0.717, 1.165) is 24.1 Å². The van der Waals surface area contributed by atoms with Crippen LogP contribution >= 0.6 is 0 Å². The van der Waals surface area contributed by atoms with Crippen LogP contribution in [0.2, 0.25) is 0 Å². The van der Waals surface area contributed by atoms with Crippen LogP contribution < -0.4 is 21.5 Å². The summed E-state index contributed by atoms with van der Waals surface area (Å²) in [5, 5.41) is 6.87. The quantitative estimate of drug-likeness (QED) is 0.405. The second-order valence-corrected chi connectivity index (χ2v) is 8.43. The van der Waals surface area contributed by atoms with Gasteiger partial charge in [-0.1, -0.05) is 24.3 Å². The van der Waals surface area contributed by atoms with E-state index < -0.39 is 5.56 Å². The first-order valence-electron chi connectivity index (χ1n) is 11.4. The number of benzene rings is 1. The minimum atomic E-state index is -0.396. The van der Waals surface area contributed by atoms with E-state index in [2.05, 4.69) is 15.3 Å². The van der Waals surface area contributed by atoms with Gasteiger partial charge in [0.15, 0.2) is 5.78 Å². The molecule has 10 nitrogen and oxygen atoms in total. The van der Waals surface area contributed by atoms with Gasteiger partial charge in [-0.15, -0.1) is 0 Å². The number of hydrogen-bond acceptors (Lipinski definition) is 7. The van der Waals surface area contributed by atoms with Crippen LogP contribution in [0.3, 0.4) is 0 Å². The molecule has 1 saturated heterocycles. The summed E-state index contributed by atoms with van der Waals surface area (Å²) in [5.41, 5.74) is 7.37. The fourth-order valence-corrected chi connectivity index (χ4v) is 4.25. The van der Waals surface area contributed by atoms with Crippen LogP contribution in [-0.2, 0) is 17.9 Å². The molecule has 34 heavy (non-hydrogen) atoms. The van der Waals surface area contributed by atoms with Crippen molar-refractivity contribution in [1.29, 1.82) is 0 Å². The number of carbonyl (C=O) groups excluding carboxylic acids is 2. The van der Waals surface area contributed by atoms with Crippen LogP contribution in [0.1, 0.15) is 37.0 Å². The predicted octanol–water partition coefficient (Wildman–Crippen LogP) is 1.94. The number of hydrogen-bond donors (Lipinski definition) is 2. The lowest BCUT2D eigenvalue weighted by atomic mass is 10.1. The molecule has 1 aliphatic rings. The van der Waals surface area contributed by atoms with Crippen molar-refractivity contribution in [3.8, 4) is 0 Å². The van der Waals surface area contributed by atoms with Crippen LogP contribution in [0.4, 0.5) is 11.6 Å². The maximum atomic E-state index is 13.5. The van der Waals surface area contributed by atoms with Gasteiger partial charge in [-0.05, 0) is 31.9 Å². The number of nitrogens with one attached hydrogen (secondary N) is 1. The van der Waals surface area contributed by atoms with Crippen LogP contribution in [0.15, 0.2) is 47.4 Å². The summed E-state index contributed by atoms with van der Waals surface area (Å²) in [6, 6.07) is 6.76. The monoisotopic (exact) mass is 463 g/mol. The van der Waals surface area contributed by atoms with Gasteiger partial charge in [0.2, 0.25) is 11.9 Å². The average Bonchev–Trinajstić information content (AvgIpc) is 3.18. The average molecular weight is 464 g/mol. The third kappa shape index (κ3) is 4.76. The SMILES string of the molecule is C/C=C/Cn1c(N2CCCC(N)C2)nc2cnn(CC(=O)c3ccccc3NC(C)=O)c(=O)c21. The van der Waals surface area contributed by atoms with Gasteiger partial charge in [0, 0.05) is 38.2 Å². The van der Waals surface area contributed by atoms with Crippen molar-refractivity contribution < 1.29 is 9.59 Å². The molecule has 0 aliphatic carbocycles. The molecule has 3 aromatic rings. The normalized spacial score (nSPS) is 16.3. The zero-order valence-electron chi connectivity index (χ0n) is 19.4. The molecular formula is C24H29N7O3. The van der Waals surface area contributed by atoms with Crippen molar-refractivity contribution in [2.75, 3.05) is 23.3 Å². The molecule has 1 aliphatic heterocycles. The number of anilines is 2. The Kier molecular flexibility index (Phi) is 6.87. The van der Waals surface area contributed by atoms with Crippen molar-refractivity contribution in [2.45, 2.75) is 45.8 Å². The minimum Gasteiger partial charge on any atom is -0.341 e. The predicted molar refractivity (Wildman–Crippen MR) is 131 cm³/mol. The molecule has 1 aromatic carbocycles. The number of nitrogens with two attached hydrogens (primary N) is 1. The first-order chi connectivity index (χ1) is 16.4. The molecule has 10 heteroatoms. The van der Waals surface area contributed by atoms with Gasteiger partial charge in [-0.3, -0.25) is 14.4 Å². The van der Waals surface area contributed by atoms with Crippen molar-refractivity contribution >= 4 is 34.4 Å². The van der Waals surface area contributed by atoms with E-state index in [9.17, 15) is 14.4 Å². The van der Waals surface area contributed by atoms with Crippen LogP contribution in [-0.4, -0.2) is 50.2 Å². The molecule has 1 fully saturated rings. The number of allylic oxidation sites excluding steroid dienone is 2. The lowest BCUT2D eigenvalue weighted by Gasteiger charge is -2.31. The first kappa shape index (κ1) is 23.4. The van der Waals surface area contributed by atoms with Gasteiger partial charge in [0.25, 0.3) is 5.56 Å². The van der Waals surface area contributed by atoms with Crippen molar-refractivity contribution in [3.63, 3.8) is 0 Å². The number of rotatable bonds is 7. The fourth-order valence-electron chi connectivity index (χ4n) is 4.25. The number of carbonyl (C=O) groups is 2. The Morgan fingerprint density at radius 2 is 2.09 bits per heavy atom. The standard InChI is InChI=1S/C24H29N7O3/c1-3-4-12-30-22-20(28-24(30)29-11-7-8-17(25)14-29)13-26-31(23(22)34)15-21(33)18-9-5-6-10-19(18)27-16(2)32/h3-6,9-10,13,17H,7-8,11-12,14-15,25H2,1-2H3,(H,27,32)/b4-3+. The zero-order chi connectivity index (χ0) is 24.2. The Labute approximate surface area is 197 Å². The van der Waals surface area contributed by atoms with E-state index in [-0.39, 0.29) is 24.3 Å². The summed E-state index contributed by atoms with van der Waals surface area (Å²) in [6.07, 6.45) is 7.30. The highest BCUT2D eigenvalue weighted by atomic mass is 16.2. The summed E-state index contributed by atoms with van der Waals surface area (Å²) in [7, 11) is 0. The van der Waals surface area contributed by atoms with Gasteiger partial charge in [-0.2, -0.15) is 5.10 Å². The highest BCUT2D eigenvalue weighted by molar-refractivity contribution is 6.04. The van der Waals surface area contributed by atoms with E-state index in [1.807, 2.05) is 23.6 Å². The number of fused-ring (bicyclic) bond motifs is 1. The molecule has 178 valence electrons. The van der Waals surface area contributed by atoms with Crippen molar-refractivity contribution in [1.82, 2.24) is 19.3 Å². The molecule has 0 bridgehead atoms. The fraction of sp³-hybridized carbons (Fsp3) is 0.375. The molecule has 0 saturated carbocycles. The van der Waals surface area contributed by atoms with Crippen LogP contribution in [0.5, 0.6) is 0 Å². The van der Waals surface area contributed by atoms with Gasteiger partial charge in [0.1, 0.15) is 17.6 Å². The van der Waals surface area contributed by atoms with Crippen LogP contribution in [0.25, 0.3) is 11.0 Å². The second kappa shape index (κ2) is 10.0. The van der Waals surface area contributed by atoms with Crippen LogP contribution in [0, 0.1) is 0 Å². The molecule has 0 spiro atoms. The third-order valence-corrected chi connectivity index (χ3v) is 5.83. The molecule has 3 N–H and O–H groups in total. The minimum absolute atomic E-state index is 0.0554. The van der Waals surface area contributed by atoms with Gasteiger partial charge in [-0.25, -0.2) is 9.67 Å². The lowest BCUT2D eigenvalue weighted by Crippen LogP contribution is -2.44. The van der Waals surface area contributed by atoms with Gasteiger partial charge >= 0.3 is 0 Å². The maximum absolute atomic E-state index is 13.5. The maximum Gasteiger partial charge on any atom is 0.293 e. The molecule has 3 heterocycles. The van der Waals surface area contributed by atoms with Gasteiger partial charge in [0.05, 0.1) is 11.9 Å². The molecule has 2 aromatic heterocycles. The molecule has 1 atom stereocenters. The molecule has 1 unspecified atom stereocenters. The summed E-state index contributed by atoms with van der Waals surface area (Å²) in [6.45, 7) is 4.98. The van der Waals surface area contributed by atoms with E-state index >= 15 is 0 Å². The smallest absolute Gasteiger partial charge is 0.293 e. The van der Waals surface area contributed by atoms with E-state index in [1.54, 1.807) is 24.3 Å². The summed E-state index contributed by atoms with van der Waals surface area (Å²) in [5.74, 6) is 0.0667. The Morgan fingerprint density at radius 3 is 2.82 bits per heavy atom. The number of aromatic nitrogens is 4. The Morgan fingerprint density at radius 1 is 1.29 bits per heavy atom. The summed E-state index contributed by atoms with van der Waals surface area (Å²) < 4.78 is 3.01. The van der Waals surface area contributed by atoms with Crippen molar-refractivity contribution in [2.24, 2.45) is 5.73 Å². The third-order valence-electron chi connectivity index (χ3n) is 5.83. The number of Topliss-reactive ketones (excluding diaryl/α,β-unsaturated/α-hetero) is 1. The highest BCUT2D eigenvalue weighted by Gasteiger charge is 2.24. The molecule has 4 rings (SSSR count). The lowest BCUT2D eigenvalue weighted by molar-refractivity contribution is -0.114. The summed E-state index contributed by atoms with van der Waals surface area (Å²) >= 11 is 0. The highest BCUT2D eigenvalue weighted by Crippen LogP contribution is 2.23. The largest absolute Gasteiger partial charge is 0.341 e. The summed E-state index contributed by atoms with van der Waals surface area (Å²) in [4.78, 5) is 44.8. The number of piperidine rings is 1. The van der Waals surface area contributed by atoms with Crippen molar-refractivity contribution in [3.05, 3.63) is 58.5 Å².